The Balaban J connectivity index is 1.67. The van der Waals surface area contributed by atoms with Gasteiger partial charge in [-0.2, -0.15) is 0 Å². The number of nitrogens with one attached hydrogen (secondary N) is 1. The normalized spacial score (nSPS) is 10.0. The van der Waals surface area contributed by atoms with Gasteiger partial charge >= 0.3 is 6.03 Å². The molecule has 0 aliphatic carbocycles. The van der Waals surface area contributed by atoms with Crippen molar-refractivity contribution >= 4 is 6.03 Å². The van der Waals surface area contributed by atoms with Gasteiger partial charge in [-0.1, -0.05) is 6.07 Å². The molecule has 0 atom stereocenters. The second-order valence-electron chi connectivity index (χ2n) is 4.93. The lowest BCUT2D eigenvalue weighted by Crippen LogP contribution is -2.38. The van der Waals surface area contributed by atoms with E-state index in [1.54, 1.807) is 25.3 Å². The van der Waals surface area contributed by atoms with Crippen molar-refractivity contribution in [3.05, 3.63) is 54.4 Å². The van der Waals surface area contributed by atoms with Crippen LogP contribution in [0.25, 0.3) is 0 Å². The van der Waals surface area contributed by atoms with E-state index in [4.69, 9.17) is 9.47 Å². The molecule has 6 nitrogen and oxygen atoms in total. The van der Waals surface area contributed by atoms with Gasteiger partial charge in [-0.15, -0.1) is 0 Å². The number of carbonyl (C=O) groups excluding carboxylic acids is 1. The molecule has 2 rings (SSSR count). The first kappa shape index (κ1) is 16.6. The highest BCUT2D eigenvalue weighted by molar-refractivity contribution is 5.73. The molecule has 0 unspecified atom stereocenters. The molecule has 0 spiro atoms. The van der Waals surface area contributed by atoms with E-state index in [-0.39, 0.29) is 6.03 Å². The lowest BCUT2D eigenvalue weighted by molar-refractivity contribution is 0.203. The summed E-state index contributed by atoms with van der Waals surface area (Å²) in [5, 5.41) is 2.80. The van der Waals surface area contributed by atoms with Gasteiger partial charge < -0.3 is 19.7 Å². The van der Waals surface area contributed by atoms with E-state index < -0.39 is 0 Å². The SMILES string of the molecule is COc1ccc(OCCNC(=O)N(C)Cc2ccccn2)cc1. The maximum Gasteiger partial charge on any atom is 0.317 e. The number of carbonyl (C=O) groups is 1. The molecule has 6 heteroatoms. The van der Waals surface area contributed by atoms with Gasteiger partial charge in [-0.05, 0) is 36.4 Å². The van der Waals surface area contributed by atoms with Gasteiger partial charge in [-0.3, -0.25) is 4.98 Å². The van der Waals surface area contributed by atoms with Gasteiger partial charge in [0.25, 0.3) is 0 Å². The summed E-state index contributed by atoms with van der Waals surface area (Å²) in [7, 11) is 3.35. The quantitative estimate of drug-likeness (QED) is 0.796. The third-order valence-electron chi connectivity index (χ3n) is 3.18. The highest BCUT2D eigenvalue weighted by atomic mass is 16.5. The van der Waals surface area contributed by atoms with Crippen molar-refractivity contribution in [2.75, 3.05) is 27.3 Å². The van der Waals surface area contributed by atoms with Gasteiger partial charge in [0.2, 0.25) is 0 Å². The van der Waals surface area contributed by atoms with Crippen molar-refractivity contribution in [2.24, 2.45) is 0 Å². The summed E-state index contributed by atoms with van der Waals surface area (Å²) in [5.41, 5.74) is 0.847. The predicted molar refractivity (Wildman–Crippen MR) is 87.6 cm³/mol. The van der Waals surface area contributed by atoms with Crippen LogP contribution in [-0.2, 0) is 6.54 Å². The fraction of sp³-hybridized carbons (Fsp3) is 0.294. The smallest absolute Gasteiger partial charge is 0.317 e. The van der Waals surface area contributed by atoms with E-state index in [1.807, 2.05) is 42.5 Å². The Morgan fingerprint density at radius 2 is 1.91 bits per heavy atom. The lowest BCUT2D eigenvalue weighted by atomic mass is 10.3. The molecule has 1 N–H and O–H groups in total. The predicted octanol–water partition coefficient (Wildman–Crippen LogP) is 2.31. The number of methoxy groups -OCH3 is 1. The molecule has 122 valence electrons. The monoisotopic (exact) mass is 315 g/mol. The Morgan fingerprint density at radius 3 is 2.57 bits per heavy atom. The number of amides is 2. The zero-order chi connectivity index (χ0) is 16.5. The molecule has 0 fully saturated rings. The molecule has 0 radical (unpaired) electrons. The van der Waals surface area contributed by atoms with Crippen molar-refractivity contribution in [3.8, 4) is 11.5 Å². The average molecular weight is 315 g/mol. The number of nitrogens with zero attached hydrogens (tertiary/aromatic N) is 2. The zero-order valence-corrected chi connectivity index (χ0v) is 13.4. The summed E-state index contributed by atoms with van der Waals surface area (Å²) in [6.45, 7) is 1.29. The summed E-state index contributed by atoms with van der Waals surface area (Å²) < 4.78 is 10.6. The first-order valence-electron chi connectivity index (χ1n) is 7.35. The summed E-state index contributed by atoms with van der Waals surface area (Å²) in [6.07, 6.45) is 1.71. The third-order valence-corrected chi connectivity index (χ3v) is 3.18. The first-order chi connectivity index (χ1) is 11.2. The van der Waals surface area contributed by atoms with Crippen molar-refractivity contribution in [1.82, 2.24) is 15.2 Å². The maximum absolute atomic E-state index is 12.0. The molecule has 2 aromatic rings. The summed E-state index contributed by atoms with van der Waals surface area (Å²) >= 11 is 0. The van der Waals surface area contributed by atoms with Gasteiger partial charge in [0.05, 0.1) is 25.9 Å². The fourth-order valence-corrected chi connectivity index (χ4v) is 1.94. The number of urea groups is 1. The van der Waals surface area contributed by atoms with Gasteiger partial charge in [0, 0.05) is 13.2 Å². The Morgan fingerprint density at radius 1 is 1.17 bits per heavy atom. The van der Waals surface area contributed by atoms with E-state index in [1.165, 1.54) is 0 Å². The summed E-state index contributed by atoms with van der Waals surface area (Å²) in [4.78, 5) is 17.7. The van der Waals surface area contributed by atoms with E-state index in [0.717, 1.165) is 17.2 Å². The highest BCUT2D eigenvalue weighted by Crippen LogP contribution is 2.16. The van der Waals surface area contributed by atoms with E-state index in [9.17, 15) is 4.79 Å². The van der Waals surface area contributed by atoms with Gasteiger partial charge in [0.15, 0.2) is 0 Å². The van der Waals surface area contributed by atoms with E-state index >= 15 is 0 Å². The van der Waals surface area contributed by atoms with Crippen molar-refractivity contribution < 1.29 is 14.3 Å². The zero-order valence-electron chi connectivity index (χ0n) is 13.4. The van der Waals surface area contributed by atoms with Crippen LogP contribution >= 0.6 is 0 Å². The molecule has 2 amide bonds. The van der Waals surface area contributed by atoms with Crippen molar-refractivity contribution in [1.29, 1.82) is 0 Å². The van der Waals surface area contributed by atoms with Gasteiger partial charge in [-0.25, -0.2) is 4.79 Å². The molecule has 0 aliphatic heterocycles. The molecular formula is C17H21N3O3. The van der Waals surface area contributed by atoms with Crippen LogP contribution < -0.4 is 14.8 Å². The van der Waals surface area contributed by atoms with Gasteiger partial charge in [0.1, 0.15) is 18.1 Å². The number of hydrogen-bond acceptors (Lipinski definition) is 4. The van der Waals surface area contributed by atoms with Crippen molar-refractivity contribution in [2.45, 2.75) is 6.54 Å². The second kappa shape index (κ2) is 8.63. The largest absolute Gasteiger partial charge is 0.497 e. The van der Waals surface area contributed by atoms with Crippen LogP contribution in [0.4, 0.5) is 4.79 Å². The van der Waals surface area contributed by atoms with Crippen LogP contribution in [0.15, 0.2) is 48.7 Å². The van der Waals surface area contributed by atoms with Crippen LogP contribution in [-0.4, -0.2) is 43.2 Å². The van der Waals surface area contributed by atoms with Crippen LogP contribution in [0.1, 0.15) is 5.69 Å². The highest BCUT2D eigenvalue weighted by Gasteiger charge is 2.08. The minimum absolute atomic E-state index is 0.158. The molecular weight excluding hydrogens is 294 g/mol. The number of hydrogen-bond donors (Lipinski definition) is 1. The fourth-order valence-electron chi connectivity index (χ4n) is 1.94. The Hall–Kier alpha value is -2.76. The molecule has 23 heavy (non-hydrogen) atoms. The first-order valence-corrected chi connectivity index (χ1v) is 7.35. The molecule has 1 aromatic carbocycles. The van der Waals surface area contributed by atoms with Crippen LogP contribution in [0.3, 0.4) is 0 Å². The summed E-state index contributed by atoms with van der Waals surface area (Å²) in [5.74, 6) is 1.52. The second-order valence-corrected chi connectivity index (χ2v) is 4.93. The van der Waals surface area contributed by atoms with Crippen molar-refractivity contribution in [3.63, 3.8) is 0 Å². The number of rotatable bonds is 7. The summed E-state index contributed by atoms with van der Waals surface area (Å²) in [6, 6.07) is 12.8. The molecule has 1 aromatic heterocycles. The standard InChI is InChI=1S/C17H21N3O3/c1-20(13-14-5-3-4-10-18-14)17(21)19-11-12-23-16-8-6-15(22-2)7-9-16/h3-10H,11-13H2,1-2H3,(H,19,21). The van der Waals surface area contributed by atoms with Crippen LogP contribution in [0.5, 0.6) is 11.5 Å². The molecule has 1 heterocycles. The third kappa shape index (κ3) is 5.50. The van der Waals surface area contributed by atoms with Crippen LogP contribution in [0, 0.1) is 0 Å². The minimum atomic E-state index is -0.158. The number of pyridine rings is 1. The Kier molecular flexibility index (Phi) is 6.23. The lowest BCUT2D eigenvalue weighted by Gasteiger charge is -2.17. The number of aromatic nitrogens is 1. The average Bonchev–Trinajstić information content (AvgIpc) is 2.60. The number of ether oxygens (including phenoxy) is 2. The van der Waals surface area contributed by atoms with Crippen LogP contribution in [0.2, 0.25) is 0 Å². The topological polar surface area (TPSA) is 63.7 Å². The molecule has 0 saturated carbocycles. The van der Waals surface area contributed by atoms with E-state index in [2.05, 4.69) is 10.3 Å². The molecule has 0 bridgehead atoms. The molecule has 0 saturated heterocycles. The maximum atomic E-state index is 12.0. The molecule has 0 aliphatic rings. The number of benzene rings is 1. The van der Waals surface area contributed by atoms with E-state index in [0.29, 0.717) is 19.7 Å². The minimum Gasteiger partial charge on any atom is -0.497 e. The Bertz CT molecular complexity index is 602. The Labute approximate surface area is 136 Å².